The molecule has 1 N–H and O–H groups in total. The molecule has 0 atom stereocenters. The molecule has 1 aromatic carbocycles. The zero-order valence-electron chi connectivity index (χ0n) is 10.5. The molecular weight excluding hydrogens is 355 g/mol. The SMILES string of the molecule is CCc1nc(-c2ccc3c(c2)CCO3)[nH]c(=O)c1I. The molecule has 3 rings (SSSR count). The molecule has 0 unspecified atom stereocenters. The first-order chi connectivity index (χ1) is 9.19. The van der Waals surface area contributed by atoms with E-state index in [0.717, 1.165) is 36.5 Å². The average Bonchev–Trinajstić information content (AvgIpc) is 2.89. The predicted molar refractivity (Wildman–Crippen MR) is 81.6 cm³/mol. The largest absolute Gasteiger partial charge is 0.493 e. The van der Waals surface area contributed by atoms with Gasteiger partial charge >= 0.3 is 0 Å². The molecule has 4 nitrogen and oxygen atoms in total. The summed E-state index contributed by atoms with van der Waals surface area (Å²) in [5, 5.41) is 0. The maximum absolute atomic E-state index is 11.9. The number of halogens is 1. The third-order valence-corrected chi connectivity index (χ3v) is 4.34. The summed E-state index contributed by atoms with van der Waals surface area (Å²) in [6, 6.07) is 5.93. The van der Waals surface area contributed by atoms with Crippen molar-refractivity contribution < 1.29 is 4.74 Å². The van der Waals surface area contributed by atoms with Gasteiger partial charge in [-0.2, -0.15) is 0 Å². The standard InChI is InChI=1S/C14H13IN2O2/c1-2-10-12(15)14(18)17-13(16-10)9-3-4-11-8(7-9)5-6-19-11/h3-4,7H,2,5-6H2,1H3,(H,16,17,18). The lowest BCUT2D eigenvalue weighted by atomic mass is 10.1. The van der Waals surface area contributed by atoms with Gasteiger partial charge in [-0.05, 0) is 52.8 Å². The second kappa shape index (κ2) is 4.96. The lowest BCUT2D eigenvalue weighted by molar-refractivity contribution is 0.357. The van der Waals surface area contributed by atoms with Crippen molar-refractivity contribution >= 4 is 22.6 Å². The molecule has 0 bridgehead atoms. The van der Waals surface area contributed by atoms with Crippen LogP contribution in [0.5, 0.6) is 5.75 Å². The zero-order chi connectivity index (χ0) is 13.4. The topological polar surface area (TPSA) is 55.0 Å². The van der Waals surface area contributed by atoms with Crippen LogP contribution in [0.1, 0.15) is 18.2 Å². The Morgan fingerprint density at radius 1 is 1.47 bits per heavy atom. The lowest BCUT2D eigenvalue weighted by Crippen LogP contribution is -2.16. The van der Waals surface area contributed by atoms with E-state index in [9.17, 15) is 4.79 Å². The Morgan fingerprint density at radius 2 is 2.32 bits per heavy atom. The molecule has 1 aliphatic rings. The summed E-state index contributed by atoms with van der Waals surface area (Å²) < 4.78 is 6.16. The highest BCUT2D eigenvalue weighted by atomic mass is 127. The van der Waals surface area contributed by atoms with Gasteiger partial charge in [0, 0.05) is 12.0 Å². The van der Waals surface area contributed by atoms with Gasteiger partial charge in [0.25, 0.3) is 5.56 Å². The molecule has 0 amide bonds. The van der Waals surface area contributed by atoms with Crippen LogP contribution in [0.4, 0.5) is 0 Å². The normalized spacial score (nSPS) is 13.2. The van der Waals surface area contributed by atoms with E-state index in [1.165, 1.54) is 5.56 Å². The highest BCUT2D eigenvalue weighted by Gasteiger charge is 2.14. The van der Waals surface area contributed by atoms with Crippen LogP contribution >= 0.6 is 22.6 Å². The Morgan fingerprint density at radius 3 is 3.11 bits per heavy atom. The van der Waals surface area contributed by atoms with E-state index < -0.39 is 0 Å². The summed E-state index contributed by atoms with van der Waals surface area (Å²) in [5.41, 5.74) is 2.89. The molecule has 0 aliphatic carbocycles. The number of nitrogens with one attached hydrogen (secondary N) is 1. The number of fused-ring (bicyclic) bond motifs is 1. The van der Waals surface area contributed by atoms with Gasteiger partial charge in [0.2, 0.25) is 0 Å². The Balaban J connectivity index is 2.12. The van der Waals surface area contributed by atoms with Crippen LogP contribution in [-0.4, -0.2) is 16.6 Å². The quantitative estimate of drug-likeness (QED) is 0.829. The molecule has 1 aromatic heterocycles. The maximum atomic E-state index is 11.9. The number of aromatic amines is 1. The van der Waals surface area contributed by atoms with Crippen molar-refractivity contribution in [3.05, 3.63) is 43.4 Å². The Labute approximate surface area is 124 Å². The summed E-state index contributed by atoms with van der Waals surface area (Å²) >= 11 is 2.04. The van der Waals surface area contributed by atoms with Gasteiger partial charge in [0.15, 0.2) is 0 Å². The Bertz CT molecular complexity index is 694. The second-order valence-corrected chi connectivity index (χ2v) is 5.53. The fraction of sp³-hybridized carbons (Fsp3) is 0.286. The number of nitrogens with zero attached hydrogens (tertiary/aromatic N) is 1. The summed E-state index contributed by atoms with van der Waals surface area (Å²) in [7, 11) is 0. The molecule has 5 heteroatoms. The molecular formula is C14H13IN2O2. The van der Waals surface area contributed by atoms with E-state index in [1.54, 1.807) is 0 Å². The number of hydrogen-bond acceptors (Lipinski definition) is 3. The summed E-state index contributed by atoms with van der Waals surface area (Å²) in [4.78, 5) is 19.3. The third kappa shape index (κ3) is 2.27. The molecule has 2 aromatic rings. The minimum atomic E-state index is -0.0702. The molecule has 98 valence electrons. The number of aryl methyl sites for hydroxylation is 1. The summed E-state index contributed by atoms with van der Waals surface area (Å²) in [6.45, 7) is 2.74. The van der Waals surface area contributed by atoms with Crippen LogP contribution in [0, 0.1) is 3.57 Å². The fourth-order valence-corrected chi connectivity index (χ4v) is 2.85. The van der Waals surface area contributed by atoms with Crippen molar-refractivity contribution in [3.63, 3.8) is 0 Å². The van der Waals surface area contributed by atoms with Crippen LogP contribution in [0.3, 0.4) is 0 Å². The van der Waals surface area contributed by atoms with Crippen LogP contribution in [0.25, 0.3) is 11.4 Å². The van der Waals surface area contributed by atoms with Crippen molar-refractivity contribution in [2.45, 2.75) is 19.8 Å². The summed E-state index contributed by atoms with van der Waals surface area (Å²) in [6.07, 6.45) is 1.67. The highest BCUT2D eigenvalue weighted by molar-refractivity contribution is 14.1. The highest BCUT2D eigenvalue weighted by Crippen LogP contribution is 2.29. The first kappa shape index (κ1) is 12.7. The Kier molecular flexibility index (Phi) is 3.30. The number of benzene rings is 1. The minimum absolute atomic E-state index is 0.0702. The third-order valence-electron chi connectivity index (χ3n) is 3.23. The van der Waals surface area contributed by atoms with Gasteiger partial charge in [-0.15, -0.1) is 0 Å². The average molecular weight is 368 g/mol. The van der Waals surface area contributed by atoms with E-state index in [2.05, 4.69) is 9.97 Å². The molecule has 0 saturated heterocycles. The fourth-order valence-electron chi connectivity index (χ4n) is 2.21. The maximum Gasteiger partial charge on any atom is 0.264 e. The van der Waals surface area contributed by atoms with E-state index in [0.29, 0.717) is 9.39 Å². The number of rotatable bonds is 2. The van der Waals surface area contributed by atoms with Crippen LogP contribution < -0.4 is 10.3 Å². The van der Waals surface area contributed by atoms with Gasteiger partial charge in [-0.1, -0.05) is 6.92 Å². The Hall–Kier alpha value is -1.37. The minimum Gasteiger partial charge on any atom is -0.493 e. The summed E-state index contributed by atoms with van der Waals surface area (Å²) in [5.74, 6) is 1.57. The lowest BCUT2D eigenvalue weighted by Gasteiger charge is -2.06. The first-order valence-corrected chi connectivity index (χ1v) is 7.31. The number of aromatic nitrogens is 2. The predicted octanol–water partition coefficient (Wildman–Crippen LogP) is 2.54. The van der Waals surface area contributed by atoms with E-state index >= 15 is 0 Å². The van der Waals surface area contributed by atoms with Gasteiger partial charge in [0.1, 0.15) is 11.6 Å². The van der Waals surface area contributed by atoms with E-state index in [-0.39, 0.29) is 5.56 Å². The number of hydrogen-bond donors (Lipinski definition) is 1. The van der Waals surface area contributed by atoms with Crippen LogP contribution in [0.2, 0.25) is 0 Å². The molecule has 0 spiro atoms. The number of ether oxygens (including phenoxy) is 1. The molecule has 0 fully saturated rings. The van der Waals surface area contributed by atoms with Crippen LogP contribution in [-0.2, 0) is 12.8 Å². The first-order valence-electron chi connectivity index (χ1n) is 6.24. The van der Waals surface area contributed by atoms with Crippen molar-refractivity contribution in [3.8, 4) is 17.1 Å². The van der Waals surface area contributed by atoms with Crippen LogP contribution in [0.15, 0.2) is 23.0 Å². The van der Waals surface area contributed by atoms with Gasteiger partial charge in [-0.3, -0.25) is 4.79 Å². The van der Waals surface area contributed by atoms with E-state index in [4.69, 9.17) is 4.74 Å². The van der Waals surface area contributed by atoms with E-state index in [1.807, 2.05) is 47.7 Å². The van der Waals surface area contributed by atoms with Gasteiger partial charge in [-0.25, -0.2) is 4.98 Å². The second-order valence-electron chi connectivity index (χ2n) is 4.45. The molecule has 1 aliphatic heterocycles. The van der Waals surface area contributed by atoms with Crippen molar-refractivity contribution in [2.75, 3.05) is 6.61 Å². The molecule has 2 heterocycles. The van der Waals surface area contributed by atoms with Gasteiger partial charge < -0.3 is 9.72 Å². The van der Waals surface area contributed by atoms with Crippen molar-refractivity contribution in [2.24, 2.45) is 0 Å². The van der Waals surface area contributed by atoms with Crippen molar-refractivity contribution in [1.82, 2.24) is 9.97 Å². The zero-order valence-corrected chi connectivity index (χ0v) is 12.7. The molecule has 19 heavy (non-hydrogen) atoms. The van der Waals surface area contributed by atoms with Gasteiger partial charge in [0.05, 0.1) is 15.9 Å². The monoisotopic (exact) mass is 368 g/mol. The number of H-pyrrole nitrogens is 1. The smallest absolute Gasteiger partial charge is 0.264 e. The molecule has 0 radical (unpaired) electrons. The van der Waals surface area contributed by atoms with Crippen molar-refractivity contribution in [1.29, 1.82) is 0 Å². The molecule has 0 saturated carbocycles.